The SMILES string of the molecule is COC(=O)[C@@H](CC(C)=O)CS(=O)(=O)CC(=O)C(=O)Nc1cccc([N+](=O)[O-])c1. The van der Waals surface area contributed by atoms with Crippen LogP contribution in [0, 0.1) is 16.0 Å². The monoisotopic (exact) mass is 414 g/mol. The third-order valence-corrected chi connectivity index (χ3v) is 5.05. The third-order valence-electron chi connectivity index (χ3n) is 3.44. The Morgan fingerprint density at radius 1 is 1.25 bits per heavy atom. The van der Waals surface area contributed by atoms with Crippen molar-refractivity contribution in [2.75, 3.05) is 23.9 Å². The molecule has 0 saturated carbocycles. The van der Waals surface area contributed by atoms with Gasteiger partial charge in [-0.1, -0.05) is 6.07 Å². The molecule has 1 amide bonds. The Morgan fingerprint density at radius 3 is 2.43 bits per heavy atom. The zero-order valence-corrected chi connectivity index (χ0v) is 15.9. The average Bonchev–Trinajstić information content (AvgIpc) is 2.59. The number of nitro groups is 1. The molecule has 0 fully saturated rings. The zero-order chi connectivity index (χ0) is 21.5. The summed E-state index contributed by atoms with van der Waals surface area (Å²) in [5, 5.41) is 12.8. The molecule has 0 spiro atoms. The van der Waals surface area contributed by atoms with Crippen molar-refractivity contribution >= 4 is 44.7 Å². The predicted molar refractivity (Wildman–Crippen MR) is 96.2 cm³/mol. The third kappa shape index (κ3) is 7.23. The number of esters is 1. The van der Waals surface area contributed by atoms with Crippen LogP contribution in [0.4, 0.5) is 11.4 Å². The highest BCUT2D eigenvalue weighted by Crippen LogP contribution is 2.17. The number of carbonyl (C=O) groups excluding carboxylic acids is 4. The first-order chi connectivity index (χ1) is 12.9. The number of rotatable bonds is 10. The molecule has 1 atom stereocenters. The lowest BCUT2D eigenvalue weighted by molar-refractivity contribution is -0.384. The second kappa shape index (κ2) is 9.69. The second-order valence-corrected chi connectivity index (χ2v) is 7.97. The van der Waals surface area contributed by atoms with Gasteiger partial charge < -0.3 is 14.8 Å². The van der Waals surface area contributed by atoms with Gasteiger partial charge in [-0.25, -0.2) is 8.42 Å². The molecule has 28 heavy (non-hydrogen) atoms. The lowest BCUT2D eigenvalue weighted by Gasteiger charge is -2.13. The van der Waals surface area contributed by atoms with E-state index >= 15 is 0 Å². The lowest BCUT2D eigenvalue weighted by atomic mass is 10.1. The van der Waals surface area contributed by atoms with Crippen molar-refractivity contribution in [2.45, 2.75) is 13.3 Å². The number of Topliss-reactive ketones (excluding diaryl/α,β-unsaturated/α-hetero) is 2. The fourth-order valence-electron chi connectivity index (χ4n) is 2.25. The Balaban J connectivity index is 2.82. The fraction of sp³-hybridized carbons (Fsp3) is 0.375. The van der Waals surface area contributed by atoms with Gasteiger partial charge in [0.1, 0.15) is 11.5 Å². The predicted octanol–water partition coefficient (Wildman–Crippen LogP) is 0.286. The summed E-state index contributed by atoms with van der Waals surface area (Å²) in [6.45, 7) is 1.17. The largest absolute Gasteiger partial charge is 0.469 e. The molecule has 0 unspecified atom stereocenters. The standard InChI is InChI=1S/C16H18N2O9S/c1-10(19)6-11(16(22)27-2)8-28(25,26)9-14(20)15(21)17-12-4-3-5-13(7-12)18(23)24/h3-5,7,11H,6,8-9H2,1-2H3,(H,17,21)/t11-/m0/s1. The first-order valence-corrected chi connectivity index (χ1v) is 9.63. The average molecular weight is 414 g/mol. The van der Waals surface area contributed by atoms with Gasteiger partial charge in [-0.2, -0.15) is 0 Å². The number of non-ortho nitro benzene ring substituents is 1. The molecule has 0 radical (unpaired) electrons. The number of hydrogen-bond acceptors (Lipinski definition) is 9. The van der Waals surface area contributed by atoms with E-state index in [0.717, 1.165) is 13.2 Å². The summed E-state index contributed by atoms with van der Waals surface area (Å²) in [6, 6.07) is 4.73. The van der Waals surface area contributed by atoms with E-state index in [9.17, 15) is 37.7 Å². The van der Waals surface area contributed by atoms with Gasteiger partial charge in [0.15, 0.2) is 9.84 Å². The number of benzene rings is 1. The Hall–Kier alpha value is -3.15. The lowest BCUT2D eigenvalue weighted by Crippen LogP contribution is -2.34. The van der Waals surface area contributed by atoms with E-state index in [1.807, 2.05) is 0 Å². The molecule has 11 nitrogen and oxygen atoms in total. The number of hydrogen-bond donors (Lipinski definition) is 1. The molecule has 152 valence electrons. The first kappa shape index (κ1) is 22.9. The van der Waals surface area contributed by atoms with Gasteiger partial charge >= 0.3 is 5.97 Å². The van der Waals surface area contributed by atoms with Crippen LogP contribution in [0.1, 0.15) is 13.3 Å². The summed E-state index contributed by atoms with van der Waals surface area (Å²) in [4.78, 5) is 56.6. The summed E-state index contributed by atoms with van der Waals surface area (Å²) in [5.74, 6) is -7.30. The summed E-state index contributed by atoms with van der Waals surface area (Å²) < 4.78 is 28.7. The molecule has 0 bridgehead atoms. The minimum Gasteiger partial charge on any atom is -0.469 e. The fourth-order valence-corrected chi connectivity index (χ4v) is 3.77. The van der Waals surface area contributed by atoms with Crippen LogP contribution >= 0.6 is 0 Å². The van der Waals surface area contributed by atoms with Crippen LogP contribution in [0.2, 0.25) is 0 Å². The molecule has 0 aliphatic carbocycles. The summed E-state index contributed by atoms with van der Waals surface area (Å²) in [5.41, 5.74) is -0.392. The Labute approximate surface area is 160 Å². The molecule has 1 aromatic rings. The van der Waals surface area contributed by atoms with Gasteiger partial charge in [0.25, 0.3) is 11.6 Å². The van der Waals surface area contributed by atoms with Gasteiger partial charge in [0.2, 0.25) is 5.78 Å². The molecule has 0 aliphatic rings. The molecular weight excluding hydrogens is 396 g/mol. The summed E-state index contributed by atoms with van der Waals surface area (Å²) in [7, 11) is -3.18. The first-order valence-electron chi connectivity index (χ1n) is 7.81. The van der Waals surface area contributed by atoms with Crippen molar-refractivity contribution in [3.8, 4) is 0 Å². The zero-order valence-electron chi connectivity index (χ0n) is 15.0. The second-order valence-electron chi connectivity index (χ2n) is 5.87. The molecule has 0 aliphatic heterocycles. The van der Waals surface area contributed by atoms with E-state index in [1.165, 1.54) is 25.1 Å². The van der Waals surface area contributed by atoms with Crippen molar-refractivity contribution in [2.24, 2.45) is 5.92 Å². The molecule has 0 heterocycles. The van der Waals surface area contributed by atoms with Crippen molar-refractivity contribution in [1.29, 1.82) is 0 Å². The van der Waals surface area contributed by atoms with Gasteiger partial charge in [-0.05, 0) is 13.0 Å². The number of nitro benzene ring substituents is 1. The molecule has 1 aromatic carbocycles. The maximum absolute atomic E-state index is 12.1. The van der Waals surface area contributed by atoms with Crippen LogP contribution in [0.15, 0.2) is 24.3 Å². The maximum atomic E-state index is 12.1. The molecule has 1 N–H and O–H groups in total. The topological polar surface area (TPSA) is 167 Å². The minimum atomic E-state index is -4.21. The van der Waals surface area contributed by atoms with Crippen LogP contribution in [0.25, 0.3) is 0 Å². The van der Waals surface area contributed by atoms with Gasteiger partial charge in [0, 0.05) is 24.2 Å². The van der Waals surface area contributed by atoms with Crippen molar-refractivity contribution in [3.05, 3.63) is 34.4 Å². The Bertz CT molecular complexity index is 908. The number of nitrogens with one attached hydrogen (secondary N) is 1. The number of carbonyl (C=O) groups is 4. The molecule has 0 aromatic heterocycles. The van der Waals surface area contributed by atoms with Crippen molar-refractivity contribution in [1.82, 2.24) is 0 Å². The van der Waals surface area contributed by atoms with E-state index in [0.29, 0.717) is 0 Å². The van der Waals surface area contributed by atoms with Crippen LogP contribution in [-0.4, -0.2) is 55.4 Å². The quantitative estimate of drug-likeness (QED) is 0.245. The smallest absolute Gasteiger partial charge is 0.310 e. The van der Waals surface area contributed by atoms with Gasteiger partial charge in [0.05, 0.1) is 23.7 Å². The van der Waals surface area contributed by atoms with Crippen molar-refractivity contribution < 1.29 is 37.3 Å². The van der Waals surface area contributed by atoms with E-state index in [2.05, 4.69) is 10.1 Å². The minimum absolute atomic E-state index is 0.0611. The number of nitrogens with zero attached hydrogens (tertiary/aromatic N) is 1. The Kier molecular flexibility index (Phi) is 7.92. The number of anilines is 1. The van der Waals surface area contributed by atoms with E-state index in [4.69, 9.17) is 0 Å². The highest BCUT2D eigenvalue weighted by atomic mass is 32.2. The van der Waals surface area contributed by atoms with Crippen LogP contribution in [0.5, 0.6) is 0 Å². The van der Waals surface area contributed by atoms with E-state index in [-0.39, 0.29) is 17.8 Å². The number of ether oxygens (including phenoxy) is 1. The van der Waals surface area contributed by atoms with E-state index in [1.54, 1.807) is 0 Å². The maximum Gasteiger partial charge on any atom is 0.310 e. The number of sulfone groups is 1. The normalized spacial score (nSPS) is 11.9. The van der Waals surface area contributed by atoms with Gasteiger partial charge in [-0.15, -0.1) is 0 Å². The molecular formula is C16H18N2O9S. The summed E-state index contributed by atoms with van der Waals surface area (Å²) in [6.07, 6.45) is -0.389. The number of ketones is 2. The molecule has 12 heteroatoms. The van der Waals surface area contributed by atoms with Crippen LogP contribution in [0.3, 0.4) is 0 Å². The number of methoxy groups -OCH3 is 1. The molecule has 0 saturated heterocycles. The molecule has 1 rings (SSSR count). The summed E-state index contributed by atoms with van der Waals surface area (Å²) >= 11 is 0. The van der Waals surface area contributed by atoms with E-state index < -0.39 is 55.6 Å². The highest BCUT2D eigenvalue weighted by molar-refractivity contribution is 7.92. The number of amides is 1. The van der Waals surface area contributed by atoms with Gasteiger partial charge in [-0.3, -0.25) is 24.5 Å². The Morgan fingerprint density at radius 2 is 1.89 bits per heavy atom. The van der Waals surface area contributed by atoms with Crippen LogP contribution < -0.4 is 5.32 Å². The van der Waals surface area contributed by atoms with Crippen molar-refractivity contribution in [3.63, 3.8) is 0 Å². The van der Waals surface area contributed by atoms with Crippen LogP contribution in [-0.2, 0) is 33.8 Å². The highest BCUT2D eigenvalue weighted by Gasteiger charge is 2.31.